The maximum Gasteiger partial charge on any atom is 0.389 e. The van der Waals surface area contributed by atoms with Gasteiger partial charge in [0.25, 0.3) is 0 Å². The van der Waals surface area contributed by atoms with Gasteiger partial charge in [0.05, 0.1) is 24.5 Å². The average Bonchev–Trinajstić information content (AvgIpc) is 3.31. The molecule has 186 valence electrons. The normalized spacial score (nSPS) is 14.4. The molecule has 0 bridgehead atoms. The molecule has 5 rings (SSSR count). The van der Waals surface area contributed by atoms with Crippen LogP contribution in [0.5, 0.6) is 0 Å². The highest BCUT2D eigenvalue weighted by Gasteiger charge is 2.27. The molecule has 0 unspecified atom stereocenters. The summed E-state index contributed by atoms with van der Waals surface area (Å²) in [6.45, 7) is 3.76. The first-order chi connectivity index (χ1) is 17.4. The van der Waals surface area contributed by atoms with E-state index in [4.69, 9.17) is 0 Å². The Balaban J connectivity index is 1.33. The van der Waals surface area contributed by atoms with Crippen LogP contribution in [0.25, 0.3) is 28.0 Å². The highest BCUT2D eigenvalue weighted by atomic mass is 19.4. The van der Waals surface area contributed by atoms with Gasteiger partial charge in [-0.05, 0) is 29.8 Å². The third-order valence-corrected chi connectivity index (χ3v) is 6.19. The molecule has 0 saturated carbocycles. The van der Waals surface area contributed by atoms with Gasteiger partial charge in [-0.1, -0.05) is 18.2 Å². The number of carbonyl (C=O) groups excluding carboxylic acids is 1. The van der Waals surface area contributed by atoms with Crippen LogP contribution < -0.4 is 10.2 Å². The Hall–Kier alpha value is -3.79. The molecule has 0 radical (unpaired) electrons. The van der Waals surface area contributed by atoms with Gasteiger partial charge >= 0.3 is 6.18 Å². The van der Waals surface area contributed by atoms with Crippen LogP contribution in [0.3, 0.4) is 0 Å². The van der Waals surface area contributed by atoms with E-state index in [0.717, 1.165) is 54.4 Å². The van der Waals surface area contributed by atoms with Crippen LogP contribution in [0, 0.1) is 0 Å². The Labute approximate surface area is 206 Å². The first kappa shape index (κ1) is 23.9. The van der Waals surface area contributed by atoms with Crippen molar-refractivity contribution in [2.75, 3.05) is 31.1 Å². The number of nitrogens with one attached hydrogen (secondary N) is 1. The number of fused-ring (bicyclic) bond motifs is 1. The number of benzene rings is 1. The van der Waals surface area contributed by atoms with Crippen molar-refractivity contribution in [2.24, 2.45) is 0 Å². The Morgan fingerprint density at radius 3 is 2.53 bits per heavy atom. The minimum absolute atomic E-state index is 0.0465. The summed E-state index contributed by atoms with van der Waals surface area (Å²) >= 11 is 0. The topological polar surface area (TPSA) is 75.4 Å². The number of hydrogen-bond acceptors (Lipinski definition) is 6. The molecule has 10 heteroatoms. The van der Waals surface area contributed by atoms with E-state index in [1.54, 1.807) is 35.1 Å². The number of rotatable bonds is 7. The molecular weight excluding hydrogens is 469 g/mol. The molecule has 1 aliphatic heterocycles. The number of alkyl halides is 3. The Bertz CT molecular complexity index is 1360. The van der Waals surface area contributed by atoms with Gasteiger partial charge in [-0.25, -0.2) is 14.5 Å². The quantitative estimate of drug-likeness (QED) is 0.413. The Morgan fingerprint density at radius 1 is 0.944 bits per heavy atom. The fourth-order valence-electron chi connectivity index (χ4n) is 4.31. The number of anilines is 1. The summed E-state index contributed by atoms with van der Waals surface area (Å²) in [7, 11) is 0. The van der Waals surface area contributed by atoms with Crippen molar-refractivity contribution in [3.63, 3.8) is 0 Å². The second-order valence-electron chi connectivity index (χ2n) is 8.83. The molecule has 1 fully saturated rings. The summed E-state index contributed by atoms with van der Waals surface area (Å²) in [5.74, 6) is 0.510. The molecule has 0 aliphatic carbocycles. The van der Waals surface area contributed by atoms with Crippen LogP contribution in [0.15, 0.2) is 61.1 Å². The van der Waals surface area contributed by atoms with Crippen molar-refractivity contribution >= 4 is 17.2 Å². The van der Waals surface area contributed by atoms with Gasteiger partial charge in [-0.2, -0.15) is 18.3 Å². The second kappa shape index (κ2) is 10.1. The van der Waals surface area contributed by atoms with Crippen molar-refractivity contribution < 1.29 is 18.0 Å². The van der Waals surface area contributed by atoms with E-state index >= 15 is 0 Å². The van der Waals surface area contributed by atoms with Crippen LogP contribution in [-0.4, -0.2) is 57.7 Å². The molecule has 4 aromatic rings. The summed E-state index contributed by atoms with van der Waals surface area (Å²) in [5.41, 5.74) is 4.65. The molecule has 1 saturated heterocycles. The lowest BCUT2D eigenvalue weighted by Crippen LogP contribution is -2.43. The van der Waals surface area contributed by atoms with E-state index in [-0.39, 0.29) is 6.42 Å². The molecule has 3 aromatic heterocycles. The molecule has 4 heterocycles. The van der Waals surface area contributed by atoms with E-state index in [1.807, 2.05) is 30.5 Å². The van der Waals surface area contributed by atoms with Gasteiger partial charge in [-0.15, -0.1) is 0 Å². The lowest BCUT2D eigenvalue weighted by atomic mass is 10.0. The molecule has 7 nitrogen and oxygen atoms in total. The van der Waals surface area contributed by atoms with E-state index in [1.165, 1.54) is 0 Å². The molecule has 36 heavy (non-hydrogen) atoms. The zero-order valence-electron chi connectivity index (χ0n) is 19.5. The molecule has 0 amide bonds. The Morgan fingerprint density at radius 2 is 1.78 bits per heavy atom. The first-order valence-electron chi connectivity index (χ1n) is 11.8. The second-order valence-corrected chi connectivity index (χ2v) is 8.83. The number of carbonyl (C=O) groups is 1. The third kappa shape index (κ3) is 5.54. The highest BCUT2D eigenvalue weighted by Crippen LogP contribution is 2.26. The molecular formula is C26H25F3N6O. The summed E-state index contributed by atoms with van der Waals surface area (Å²) in [6.07, 6.45) is -0.699. The lowest BCUT2D eigenvalue weighted by Gasteiger charge is -2.28. The maximum absolute atomic E-state index is 12.4. The summed E-state index contributed by atoms with van der Waals surface area (Å²) in [4.78, 5) is 23.4. The third-order valence-electron chi connectivity index (χ3n) is 6.19. The standard InChI is InChI=1S/C26H25F3N6O/c27-26(28,29)7-6-22(36)13-18-2-1-3-19(12-18)23-17-32-25-14-21(16-33-35(23)25)20-4-5-24(31-15-20)34-10-8-30-9-11-34/h1-5,12,14-17,30H,6-11,13H2. The average molecular weight is 495 g/mol. The number of aromatic nitrogens is 4. The first-order valence-corrected chi connectivity index (χ1v) is 11.8. The van der Waals surface area contributed by atoms with Crippen LogP contribution in [0.2, 0.25) is 0 Å². The van der Waals surface area contributed by atoms with Gasteiger partial charge in [0, 0.05) is 61.9 Å². The number of ketones is 1. The largest absolute Gasteiger partial charge is 0.389 e. The van der Waals surface area contributed by atoms with Crippen molar-refractivity contribution in [3.05, 3.63) is 66.6 Å². The van der Waals surface area contributed by atoms with Crippen LogP contribution in [0.1, 0.15) is 18.4 Å². The number of pyridine rings is 1. The molecule has 1 aliphatic rings. The monoisotopic (exact) mass is 494 g/mol. The van der Waals surface area contributed by atoms with Crippen LogP contribution >= 0.6 is 0 Å². The fourth-order valence-corrected chi connectivity index (χ4v) is 4.31. The predicted octanol–water partition coefficient (Wildman–Crippen LogP) is 4.32. The minimum Gasteiger partial charge on any atom is -0.354 e. The summed E-state index contributed by atoms with van der Waals surface area (Å²) < 4.78 is 38.9. The lowest BCUT2D eigenvalue weighted by molar-refractivity contribution is -0.143. The number of halogens is 3. The van der Waals surface area contributed by atoms with Gasteiger partial charge in [0.2, 0.25) is 0 Å². The van der Waals surface area contributed by atoms with Crippen LogP contribution in [-0.2, 0) is 11.2 Å². The summed E-state index contributed by atoms with van der Waals surface area (Å²) in [6, 6.07) is 13.2. The van der Waals surface area contributed by atoms with E-state index in [0.29, 0.717) is 11.2 Å². The zero-order valence-corrected chi connectivity index (χ0v) is 19.5. The molecule has 1 aromatic carbocycles. The zero-order chi connectivity index (χ0) is 25.1. The maximum atomic E-state index is 12.4. The number of imidazole rings is 1. The number of hydrogen-bond donors (Lipinski definition) is 1. The predicted molar refractivity (Wildman–Crippen MR) is 131 cm³/mol. The van der Waals surface area contributed by atoms with E-state index in [2.05, 4.69) is 25.3 Å². The van der Waals surface area contributed by atoms with E-state index < -0.39 is 24.8 Å². The van der Waals surface area contributed by atoms with Gasteiger partial charge in [0.1, 0.15) is 11.6 Å². The van der Waals surface area contributed by atoms with Gasteiger partial charge in [-0.3, -0.25) is 4.79 Å². The Kier molecular flexibility index (Phi) is 6.69. The number of piperazine rings is 1. The van der Waals surface area contributed by atoms with Crippen LogP contribution in [0.4, 0.5) is 19.0 Å². The summed E-state index contributed by atoms with van der Waals surface area (Å²) in [5, 5.41) is 7.90. The number of nitrogens with zero attached hydrogens (tertiary/aromatic N) is 5. The molecule has 1 N–H and O–H groups in total. The molecule has 0 atom stereocenters. The van der Waals surface area contributed by atoms with Crippen molar-refractivity contribution in [2.45, 2.75) is 25.4 Å². The number of Topliss-reactive ketones (excluding diaryl/α,β-unsaturated/α-hetero) is 1. The van der Waals surface area contributed by atoms with Gasteiger partial charge < -0.3 is 10.2 Å². The highest BCUT2D eigenvalue weighted by molar-refractivity contribution is 5.81. The smallest absolute Gasteiger partial charge is 0.354 e. The fraction of sp³-hybridized carbons (Fsp3) is 0.308. The SMILES string of the molecule is O=C(CCC(F)(F)F)Cc1cccc(-c2cnc3cc(-c4ccc(N5CCNCC5)nc4)cnn23)c1. The molecule has 0 spiro atoms. The minimum atomic E-state index is -4.33. The van der Waals surface area contributed by atoms with Gasteiger partial charge in [0.15, 0.2) is 5.65 Å². The van der Waals surface area contributed by atoms with Crippen molar-refractivity contribution in [1.29, 1.82) is 0 Å². The van der Waals surface area contributed by atoms with E-state index in [9.17, 15) is 18.0 Å². The van der Waals surface area contributed by atoms with Crippen molar-refractivity contribution in [1.82, 2.24) is 24.9 Å². The van der Waals surface area contributed by atoms with Crippen molar-refractivity contribution in [3.8, 4) is 22.4 Å².